The predicted octanol–water partition coefficient (Wildman–Crippen LogP) is 3.49. The van der Waals surface area contributed by atoms with E-state index in [-0.39, 0.29) is 28.1 Å². The number of aromatic nitrogens is 1. The average Bonchev–Trinajstić information content (AvgIpc) is 3.53. The summed E-state index contributed by atoms with van der Waals surface area (Å²) < 4.78 is 39.7. The van der Waals surface area contributed by atoms with Gasteiger partial charge in [0.05, 0.1) is 40.3 Å². The maximum absolute atomic E-state index is 13.2. The summed E-state index contributed by atoms with van der Waals surface area (Å²) in [6.45, 7) is 0.0753. The smallest absolute Gasteiger partial charge is 0.404 e. The molecular formula is C20H19ClF3N5O2S. The maximum atomic E-state index is 13.2. The Morgan fingerprint density at radius 3 is 2.53 bits per heavy atom. The molecule has 0 saturated heterocycles. The van der Waals surface area contributed by atoms with Crippen LogP contribution in [0.2, 0.25) is 5.02 Å². The molecule has 1 saturated carbocycles. The third-order valence-electron chi connectivity index (χ3n) is 4.75. The van der Waals surface area contributed by atoms with E-state index in [9.17, 15) is 22.8 Å². The first-order chi connectivity index (χ1) is 15.0. The van der Waals surface area contributed by atoms with E-state index in [0.717, 1.165) is 12.3 Å². The van der Waals surface area contributed by atoms with Gasteiger partial charge in [0.1, 0.15) is 5.54 Å². The Balaban J connectivity index is 1.60. The van der Waals surface area contributed by atoms with Gasteiger partial charge in [-0.15, -0.1) is 12.6 Å². The quantitative estimate of drug-likeness (QED) is 0.305. The maximum Gasteiger partial charge on any atom is 0.418 e. The van der Waals surface area contributed by atoms with Crippen LogP contribution >= 0.6 is 24.2 Å². The van der Waals surface area contributed by atoms with Crippen molar-refractivity contribution in [2.45, 2.75) is 31.1 Å². The van der Waals surface area contributed by atoms with Gasteiger partial charge in [-0.1, -0.05) is 11.6 Å². The van der Waals surface area contributed by atoms with Crippen LogP contribution in [0.25, 0.3) is 0 Å². The molecule has 0 bridgehead atoms. The summed E-state index contributed by atoms with van der Waals surface area (Å²) >= 11 is 9.61. The number of amides is 2. The van der Waals surface area contributed by atoms with E-state index >= 15 is 0 Å². The van der Waals surface area contributed by atoms with E-state index < -0.39 is 23.2 Å². The van der Waals surface area contributed by atoms with Gasteiger partial charge in [-0.25, -0.2) is 0 Å². The normalized spacial score (nSPS) is 15.1. The second kappa shape index (κ2) is 9.29. The van der Waals surface area contributed by atoms with Crippen LogP contribution < -0.4 is 21.7 Å². The average molecular weight is 486 g/mol. The summed E-state index contributed by atoms with van der Waals surface area (Å²) in [7, 11) is 0. The molecule has 1 heterocycles. The summed E-state index contributed by atoms with van der Waals surface area (Å²) in [5.41, 5.74) is 3.99. The zero-order valence-corrected chi connectivity index (χ0v) is 18.1. The van der Waals surface area contributed by atoms with Crippen molar-refractivity contribution in [3.63, 3.8) is 0 Å². The van der Waals surface area contributed by atoms with Crippen molar-refractivity contribution in [2.24, 2.45) is 5.73 Å². The van der Waals surface area contributed by atoms with E-state index in [4.69, 9.17) is 17.3 Å². The standard InChI is InChI=1S/C20H19ClF3N5O2S/c21-11-1-4-15(14(7-11)20(22,23)24)28-13-3-2-12(26-10-13)9-27-18(31)19(5-6-19)29-17(30)16(32)8-25/h1-4,7-8,10,28,32H,5-6,9,25H2,(H,27,31)(H,29,30)/b16-8-. The molecule has 7 nitrogen and oxygen atoms in total. The number of carbonyl (C=O) groups is 2. The van der Waals surface area contributed by atoms with Crippen molar-refractivity contribution in [3.8, 4) is 0 Å². The van der Waals surface area contributed by atoms with Gasteiger partial charge in [0, 0.05) is 11.2 Å². The number of benzene rings is 1. The fourth-order valence-corrected chi connectivity index (χ4v) is 3.08. The van der Waals surface area contributed by atoms with Crippen molar-refractivity contribution in [2.75, 3.05) is 5.32 Å². The third-order valence-corrected chi connectivity index (χ3v) is 5.34. The Hall–Kier alpha value is -2.92. The second-order valence-electron chi connectivity index (χ2n) is 7.12. The third kappa shape index (κ3) is 5.65. The number of halogens is 4. The molecule has 1 aliphatic rings. The monoisotopic (exact) mass is 485 g/mol. The molecule has 2 amide bonds. The summed E-state index contributed by atoms with van der Waals surface area (Å²) in [6, 6.07) is 6.53. The highest BCUT2D eigenvalue weighted by Crippen LogP contribution is 2.38. The Morgan fingerprint density at radius 1 is 1.25 bits per heavy atom. The van der Waals surface area contributed by atoms with Crippen molar-refractivity contribution in [1.29, 1.82) is 0 Å². The highest BCUT2D eigenvalue weighted by molar-refractivity contribution is 7.85. The number of pyridine rings is 1. The van der Waals surface area contributed by atoms with E-state index in [2.05, 4.69) is 33.6 Å². The lowest BCUT2D eigenvalue weighted by Crippen LogP contribution is -2.49. The zero-order chi connectivity index (χ0) is 23.5. The first-order valence-corrected chi connectivity index (χ1v) is 10.2. The number of nitrogens with zero attached hydrogens (tertiary/aromatic N) is 1. The van der Waals surface area contributed by atoms with Gasteiger partial charge in [-0.2, -0.15) is 13.2 Å². The number of carbonyl (C=O) groups excluding carboxylic acids is 2. The van der Waals surface area contributed by atoms with E-state index in [1.807, 2.05) is 0 Å². The molecule has 12 heteroatoms. The molecule has 1 aromatic carbocycles. The molecule has 0 spiro atoms. The van der Waals surface area contributed by atoms with E-state index in [0.29, 0.717) is 24.2 Å². The van der Waals surface area contributed by atoms with Gasteiger partial charge in [0.25, 0.3) is 5.91 Å². The Morgan fingerprint density at radius 2 is 1.97 bits per heavy atom. The molecule has 0 unspecified atom stereocenters. The molecule has 0 radical (unpaired) electrons. The number of thiol groups is 1. The first kappa shape index (κ1) is 23.7. The molecule has 0 aliphatic heterocycles. The molecule has 5 N–H and O–H groups in total. The molecule has 2 aromatic rings. The SMILES string of the molecule is N/C=C(\S)C(=O)NC1(C(=O)NCc2ccc(Nc3ccc(Cl)cc3C(F)(F)F)cn2)CC1. The summed E-state index contributed by atoms with van der Waals surface area (Å²) in [5, 5.41) is 7.94. The van der Waals surface area contributed by atoms with Crippen LogP contribution in [-0.4, -0.2) is 22.3 Å². The lowest BCUT2D eigenvalue weighted by atomic mass is 10.1. The number of hydrogen-bond acceptors (Lipinski definition) is 6. The van der Waals surface area contributed by atoms with E-state index in [1.165, 1.54) is 24.4 Å². The van der Waals surface area contributed by atoms with Gasteiger partial charge in [-0.3, -0.25) is 14.6 Å². The fourth-order valence-electron chi connectivity index (χ4n) is 2.85. The van der Waals surface area contributed by atoms with Gasteiger partial charge in [0.2, 0.25) is 5.91 Å². The molecule has 1 fully saturated rings. The summed E-state index contributed by atoms with van der Waals surface area (Å²) in [4.78, 5) is 28.5. The zero-order valence-electron chi connectivity index (χ0n) is 16.5. The van der Waals surface area contributed by atoms with Crippen molar-refractivity contribution >= 4 is 47.4 Å². The molecule has 1 aliphatic carbocycles. The van der Waals surface area contributed by atoms with Crippen LogP contribution in [0.1, 0.15) is 24.1 Å². The predicted molar refractivity (Wildman–Crippen MR) is 117 cm³/mol. The van der Waals surface area contributed by atoms with Crippen molar-refractivity contribution in [3.05, 3.63) is 63.9 Å². The summed E-state index contributed by atoms with van der Waals surface area (Å²) in [5.74, 6) is -0.915. The van der Waals surface area contributed by atoms with Crippen LogP contribution in [0.3, 0.4) is 0 Å². The van der Waals surface area contributed by atoms with Crippen LogP contribution in [0.15, 0.2) is 47.6 Å². The van der Waals surface area contributed by atoms with Gasteiger partial charge in [0.15, 0.2) is 0 Å². The van der Waals surface area contributed by atoms with Crippen LogP contribution in [0, 0.1) is 0 Å². The number of alkyl halides is 3. The number of nitrogens with one attached hydrogen (secondary N) is 3. The van der Waals surface area contributed by atoms with Gasteiger partial charge in [-0.05, 0) is 43.2 Å². The number of anilines is 2. The largest absolute Gasteiger partial charge is 0.418 e. The molecule has 1 aromatic heterocycles. The van der Waals surface area contributed by atoms with Gasteiger partial charge >= 0.3 is 6.18 Å². The van der Waals surface area contributed by atoms with Gasteiger partial charge < -0.3 is 21.7 Å². The minimum atomic E-state index is -4.58. The first-order valence-electron chi connectivity index (χ1n) is 9.34. The molecule has 0 atom stereocenters. The number of nitrogens with two attached hydrogens (primary N) is 1. The van der Waals surface area contributed by atoms with Crippen LogP contribution in [0.5, 0.6) is 0 Å². The lowest BCUT2D eigenvalue weighted by Gasteiger charge is -2.17. The Kier molecular flexibility index (Phi) is 6.89. The molecular weight excluding hydrogens is 467 g/mol. The van der Waals surface area contributed by atoms with Crippen LogP contribution in [-0.2, 0) is 22.3 Å². The minimum Gasteiger partial charge on any atom is -0.404 e. The van der Waals surface area contributed by atoms with E-state index in [1.54, 1.807) is 6.07 Å². The van der Waals surface area contributed by atoms with Crippen molar-refractivity contribution in [1.82, 2.24) is 15.6 Å². The second-order valence-corrected chi connectivity index (χ2v) is 8.04. The Bertz CT molecular complexity index is 1060. The molecule has 32 heavy (non-hydrogen) atoms. The topological polar surface area (TPSA) is 109 Å². The highest BCUT2D eigenvalue weighted by Gasteiger charge is 2.51. The summed E-state index contributed by atoms with van der Waals surface area (Å²) in [6.07, 6.45) is -1.23. The molecule has 3 rings (SSSR count). The highest BCUT2D eigenvalue weighted by atomic mass is 35.5. The number of hydrogen-bond donors (Lipinski definition) is 5. The number of rotatable bonds is 7. The fraction of sp³-hybridized carbons (Fsp3) is 0.250. The van der Waals surface area contributed by atoms with Crippen molar-refractivity contribution < 1.29 is 22.8 Å². The lowest BCUT2D eigenvalue weighted by molar-refractivity contribution is -0.137. The molecule has 170 valence electrons. The minimum absolute atomic E-state index is 0.00296. The van der Waals surface area contributed by atoms with Crippen LogP contribution in [0.4, 0.5) is 24.5 Å². The Labute approximate surface area is 192 Å².